The zero-order chi connectivity index (χ0) is 64.9. The van der Waals surface area contributed by atoms with E-state index in [0.29, 0.717) is 19.4 Å². The number of aliphatic hydroxyl groups is 2. The normalized spacial score (nSPS) is 12.4. The Labute approximate surface area is 565 Å². The minimum absolute atomic E-state index is 0.0277. The van der Waals surface area contributed by atoms with Crippen LogP contribution in [0.3, 0.4) is 0 Å². The molecule has 6 heteroatoms. The lowest BCUT2D eigenvalue weighted by atomic mass is 10.0. The third-order valence-electron chi connectivity index (χ3n) is 20.1. The number of ether oxygens (including phenoxy) is 1. The zero-order valence-corrected chi connectivity index (χ0v) is 61.7. The fourth-order valence-corrected chi connectivity index (χ4v) is 13.7. The SMILES string of the molecule is CCCCCCCCCCCCCCCCCCCCC/C=C/C(O)C(CO)NC(=O)CCCCCCCCCCCCCCCCCCCCCCCCCCCCCCCCCCCCCOC(=O)CCCCCCCCCCCCCCCCCCC. The second-order valence-electron chi connectivity index (χ2n) is 29.2. The van der Waals surface area contributed by atoms with E-state index in [1.165, 1.54) is 424 Å². The average molecular weight is 1270 g/mol. The monoisotopic (exact) mass is 1270 g/mol. The Hall–Kier alpha value is -1.40. The number of allylic oxidation sites excluding steroid dienone is 1. The molecule has 6 nitrogen and oxygen atoms in total. The largest absolute Gasteiger partial charge is 0.466 e. The topological polar surface area (TPSA) is 95.9 Å². The summed E-state index contributed by atoms with van der Waals surface area (Å²) in [7, 11) is 0. The Kier molecular flexibility index (Phi) is 78.8. The first kappa shape index (κ1) is 88.6. The number of hydrogen-bond acceptors (Lipinski definition) is 5. The number of nitrogens with one attached hydrogen (secondary N) is 1. The Morgan fingerprint density at radius 1 is 0.300 bits per heavy atom. The molecule has 1 amide bonds. The summed E-state index contributed by atoms with van der Waals surface area (Å²) in [5, 5.41) is 23.3. The molecule has 0 aliphatic heterocycles. The molecule has 0 aliphatic carbocycles. The van der Waals surface area contributed by atoms with Crippen molar-refractivity contribution < 1.29 is 24.5 Å². The van der Waals surface area contributed by atoms with Gasteiger partial charge in [-0.1, -0.05) is 456 Å². The van der Waals surface area contributed by atoms with Gasteiger partial charge in [0.15, 0.2) is 0 Å². The highest BCUT2D eigenvalue weighted by Gasteiger charge is 2.18. The van der Waals surface area contributed by atoms with E-state index in [0.717, 1.165) is 38.5 Å². The fourth-order valence-electron chi connectivity index (χ4n) is 13.7. The van der Waals surface area contributed by atoms with Crippen molar-refractivity contribution in [1.82, 2.24) is 5.32 Å². The van der Waals surface area contributed by atoms with Gasteiger partial charge in [-0.25, -0.2) is 0 Å². The Balaban J connectivity index is 3.32. The highest BCUT2D eigenvalue weighted by molar-refractivity contribution is 5.76. The van der Waals surface area contributed by atoms with Crippen LogP contribution in [0.1, 0.15) is 489 Å². The minimum Gasteiger partial charge on any atom is -0.466 e. The van der Waals surface area contributed by atoms with Crippen LogP contribution in [0.15, 0.2) is 12.2 Å². The molecule has 0 aromatic carbocycles. The molecule has 0 aliphatic rings. The van der Waals surface area contributed by atoms with Crippen LogP contribution in [0.25, 0.3) is 0 Å². The van der Waals surface area contributed by atoms with Crippen molar-refractivity contribution in [3.8, 4) is 0 Å². The molecule has 0 spiro atoms. The molecule has 0 bridgehead atoms. The smallest absolute Gasteiger partial charge is 0.305 e. The van der Waals surface area contributed by atoms with Crippen molar-refractivity contribution >= 4 is 11.9 Å². The van der Waals surface area contributed by atoms with Gasteiger partial charge in [0.1, 0.15) is 0 Å². The molecule has 2 unspecified atom stereocenters. The van der Waals surface area contributed by atoms with Crippen LogP contribution in [0.4, 0.5) is 0 Å². The lowest BCUT2D eigenvalue weighted by Gasteiger charge is -2.20. The molecular weight excluding hydrogens is 1100 g/mol. The van der Waals surface area contributed by atoms with E-state index < -0.39 is 12.1 Å². The maximum absolute atomic E-state index is 12.5. The highest BCUT2D eigenvalue weighted by Crippen LogP contribution is 2.21. The summed E-state index contributed by atoms with van der Waals surface area (Å²) >= 11 is 0. The van der Waals surface area contributed by atoms with Crippen molar-refractivity contribution in [2.75, 3.05) is 13.2 Å². The van der Waals surface area contributed by atoms with Crippen molar-refractivity contribution in [2.24, 2.45) is 0 Å². The van der Waals surface area contributed by atoms with Crippen LogP contribution >= 0.6 is 0 Å². The molecule has 2 atom stereocenters. The van der Waals surface area contributed by atoms with Crippen LogP contribution in [-0.2, 0) is 14.3 Å². The number of carbonyl (C=O) groups excluding carboxylic acids is 2. The molecule has 0 aromatic heterocycles. The van der Waals surface area contributed by atoms with Gasteiger partial charge in [0.05, 0.1) is 25.4 Å². The van der Waals surface area contributed by atoms with Crippen molar-refractivity contribution in [1.29, 1.82) is 0 Å². The second-order valence-corrected chi connectivity index (χ2v) is 29.2. The van der Waals surface area contributed by atoms with Crippen LogP contribution < -0.4 is 5.32 Å². The first-order valence-electron chi connectivity index (χ1n) is 42.0. The number of esters is 1. The zero-order valence-electron chi connectivity index (χ0n) is 61.7. The number of rotatable bonds is 80. The Morgan fingerprint density at radius 2 is 0.511 bits per heavy atom. The number of hydrogen-bond donors (Lipinski definition) is 3. The molecular formula is C84H165NO5. The molecule has 0 saturated heterocycles. The van der Waals surface area contributed by atoms with Crippen molar-refractivity contribution in [2.45, 2.75) is 501 Å². The second kappa shape index (κ2) is 80.0. The molecule has 0 radical (unpaired) electrons. The van der Waals surface area contributed by atoms with Gasteiger partial charge in [0.25, 0.3) is 0 Å². The van der Waals surface area contributed by atoms with Gasteiger partial charge < -0.3 is 20.3 Å². The summed E-state index contributed by atoms with van der Waals surface area (Å²) in [5.41, 5.74) is 0. The maximum Gasteiger partial charge on any atom is 0.305 e. The fraction of sp³-hybridized carbons (Fsp3) is 0.952. The standard InChI is InChI=1S/C84H165NO5/c1-3-5-7-9-11-13-15-17-19-21-22-38-41-45-48-52-56-60-64-68-72-76-82(87)81(80-86)85-83(88)77-73-69-65-61-57-53-49-46-42-39-36-34-32-30-28-26-24-23-25-27-29-31-33-35-37-40-43-47-51-55-59-63-67-71-75-79-90-84(89)78-74-70-66-62-58-54-50-44-20-18-16-14-12-10-8-6-4-2/h72,76,81-82,86-87H,3-71,73-75,77-80H2,1-2H3,(H,85,88)/b76-72+. The van der Waals surface area contributed by atoms with E-state index in [1.807, 2.05) is 6.08 Å². The van der Waals surface area contributed by atoms with E-state index in [2.05, 4.69) is 19.2 Å². The number of carbonyl (C=O) groups is 2. The average Bonchev–Trinajstić information content (AvgIpc) is 3.60. The van der Waals surface area contributed by atoms with Gasteiger partial charge in [-0.2, -0.15) is 0 Å². The quantitative estimate of drug-likeness (QED) is 0.0320. The lowest BCUT2D eigenvalue weighted by molar-refractivity contribution is -0.143. The van der Waals surface area contributed by atoms with E-state index in [9.17, 15) is 19.8 Å². The Morgan fingerprint density at radius 3 is 0.756 bits per heavy atom. The van der Waals surface area contributed by atoms with E-state index >= 15 is 0 Å². The number of aliphatic hydroxyl groups excluding tert-OH is 2. The molecule has 90 heavy (non-hydrogen) atoms. The molecule has 0 heterocycles. The third-order valence-corrected chi connectivity index (χ3v) is 20.1. The van der Waals surface area contributed by atoms with Crippen molar-refractivity contribution in [3.05, 3.63) is 12.2 Å². The molecule has 536 valence electrons. The predicted octanol–water partition coefficient (Wildman–Crippen LogP) is 27.8. The summed E-state index contributed by atoms with van der Waals surface area (Å²) in [5.74, 6) is -0.0294. The van der Waals surface area contributed by atoms with Gasteiger partial charge in [0, 0.05) is 12.8 Å². The Bertz CT molecular complexity index is 1370. The van der Waals surface area contributed by atoms with Gasteiger partial charge in [0.2, 0.25) is 5.91 Å². The molecule has 3 N–H and O–H groups in total. The van der Waals surface area contributed by atoms with Crippen molar-refractivity contribution in [3.63, 3.8) is 0 Å². The number of amides is 1. The van der Waals surface area contributed by atoms with Gasteiger partial charge in [-0.15, -0.1) is 0 Å². The van der Waals surface area contributed by atoms with Gasteiger partial charge in [-0.3, -0.25) is 9.59 Å². The van der Waals surface area contributed by atoms with E-state index in [1.54, 1.807) is 6.08 Å². The van der Waals surface area contributed by atoms with Crippen LogP contribution in [-0.4, -0.2) is 47.4 Å². The summed E-state index contributed by atoms with van der Waals surface area (Å²) in [6.45, 7) is 4.97. The molecule has 0 saturated carbocycles. The van der Waals surface area contributed by atoms with E-state index in [4.69, 9.17) is 4.74 Å². The summed E-state index contributed by atoms with van der Waals surface area (Å²) in [4.78, 5) is 24.7. The van der Waals surface area contributed by atoms with Crippen LogP contribution in [0.2, 0.25) is 0 Å². The van der Waals surface area contributed by atoms with Gasteiger partial charge >= 0.3 is 5.97 Å². The van der Waals surface area contributed by atoms with E-state index in [-0.39, 0.29) is 18.5 Å². The van der Waals surface area contributed by atoms with Crippen LogP contribution in [0.5, 0.6) is 0 Å². The molecule has 0 rings (SSSR count). The summed E-state index contributed by atoms with van der Waals surface area (Å²) in [6.07, 6.45) is 102. The minimum atomic E-state index is -0.841. The first-order valence-corrected chi connectivity index (χ1v) is 42.0. The summed E-state index contributed by atoms with van der Waals surface area (Å²) < 4.78 is 5.52. The lowest BCUT2D eigenvalue weighted by Crippen LogP contribution is -2.45. The van der Waals surface area contributed by atoms with Crippen LogP contribution in [0, 0.1) is 0 Å². The maximum atomic E-state index is 12.5. The predicted molar refractivity (Wildman–Crippen MR) is 398 cm³/mol. The highest BCUT2D eigenvalue weighted by atomic mass is 16.5. The third kappa shape index (κ3) is 75.6. The molecule has 0 aromatic rings. The first-order chi connectivity index (χ1) is 44.5. The molecule has 0 fully saturated rings. The summed E-state index contributed by atoms with van der Waals surface area (Å²) in [6, 6.07) is -0.624. The van der Waals surface area contributed by atoms with Gasteiger partial charge in [-0.05, 0) is 32.1 Å². The number of unbranched alkanes of at least 4 members (excludes halogenated alkanes) is 69.